The fourth-order valence-electron chi connectivity index (χ4n) is 2.34. The number of rotatable bonds is 1. The highest BCUT2D eigenvalue weighted by Crippen LogP contribution is 2.45. The van der Waals surface area contributed by atoms with Gasteiger partial charge in [-0.3, -0.25) is 4.90 Å². The van der Waals surface area contributed by atoms with Gasteiger partial charge in [0.05, 0.1) is 0 Å². The van der Waals surface area contributed by atoms with Crippen LogP contribution in [-0.2, 0) is 0 Å². The average molecular weight is 280 g/mol. The van der Waals surface area contributed by atoms with Crippen LogP contribution in [0.2, 0.25) is 0 Å². The zero-order valence-corrected chi connectivity index (χ0v) is 10.0. The third-order valence-corrected chi connectivity index (χ3v) is 3.93. The van der Waals surface area contributed by atoms with Gasteiger partial charge in [-0.05, 0) is 26.7 Å². The van der Waals surface area contributed by atoms with E-state index in [-0.39, 0.29) is 0 Å². The largest absolute Gasteiger partial charge is 0.293 e. The molecule has 0 amide bonds. The summed E-state index contributed by atoms with van der Waals surface area (Å²) in [5, 5.41) is 0. The van der Waals surface area contributed by atoms with Crippen molar-refractivity contribution < 1.29 is 0 Å². The molecule has 1 saturated heterocycles. The zero-order valence-electron chi connectivity index (χ0n) is 7.89. The molecule has 1 aliphatic heterocycles. The third kappa shape index (κ3) is 1.51. The molecule has 0 N–H and O–H groups in total. The average Bonchev–Trinajstić information content (AvgIpc) is 2.68. The SMILES string of the molecule is CC(C)N1CCN(I)CC12CC2. The number of hydrogen-bond acceptors (Lipinski definition) is 2. The molecule has 0 aromatic carbocycles. The summed E-state index contributed by atoms with van der Waals surface area (Å²) in [6.07, 6.45) is 2.84. The monoisotopic (exact) mass is 280 g/mol. The molecule has 1 aliphatic carbocycles. The minimum Gasteiger partial charge on any atom is -0.293 e. The molecule has 1 saturated carbocycles. The van der Waals surface area contributed by atoms with Crippen LogP contribution < -0.4 is 0 Å². The molecule has 0 bridgehead atoms. The van der Waals surface area contributed by atoms with Crippen LogP contribution in [0.3, 0.4) is 0 Å². The third-order valence-electron chi connectivity index (χ3n) is 3.11. The van der Waals surface area contributed by atoms with E-state index >= 15 is 0 Å². The first-order chi connectivity index (χ1) is 5.64. The van der Waals surface area contributed by atoms with Crippen molar-refractivity contribution in [2.24, 2.45) is 0 Å². The Bertz CT molecular complexity index is 177. The summed E-state index contributed by atoms with van der Waals surface area (Å²) in [4.78, 5) is 2.70. The van der Waals surface area contributed by atoms with Crippen LogP contribution in [0, 0.1) is 0 Å². The summed E-state index contributed by atoms with van der Waals surface area (Å²) < 4.78 is 2.45. The van der Waals surface area contributed by atoms with Gasteiger partial charge < -0.3 is 0 Å². The zero-order chi connectivity index (χ0) is 8.77. The number of piperazine rings is 1. The molecule has 0 unspecified atom stereocenters. The Hall–Kier alpha value is 0.650. The summed E-state index contributed by atoms with van der Waals surface area (Å²) in [6, 6.07) is 0.734. The van der Waals surface area contributed by atoms with Crippen LogP contribution in [-0.4, -0.2) is 39.2 Å². The fourth-order valence-corrected chi connectivity index (χ4v) is 3.19. The molecule has 0 aromatic heterocycles. The summed E-state index contributed by atoms with van der Waals surface area (Å²) in [6.45, 7) is 8.43. The first-order valence-electron chi connectivity index (χ1n) is 4.81. The van der Waals surface area contributed by atoms with E-state index in [4.69, 9.17) is 0 Å². The van der Waals surface area contributed by atoms with Crippen molar-refractivity contribution in [2.45, 2.75) is 38.3 Å². The van der Waals surface area contributed by atoms with Gasteiger partial charge in [0.25, 0.3) is 0 Å². The molecule has 0 atom stereocenters. The van der Waals surface area contributed by atoms with Gasteiger partial charge in [-0.25, -0.2) is 3.11 Å². The second-order valence-electron chi connectivity index (χ2n) is 4.36. The Balaban J connectivity index is 2.05. The van der Waals surface area contributed by atoms with Crippen molar-refractivity contribution in [3.8, 4) is 0 Å². The second-order valence-corrected chi connectivity index (χ2v) is 5.72. The predicted octanol–water partition coefficient (Wildman–Crippen LogP) is 1.90. The Morgan fingerprint density at radius 2 is 1.92 bits per heavy atom. The summed E-state index contributed by atoms with van der Waals surface area (Å²) in [5.74, 6) is 0. The van der Waals surface area contributed by atoms with E-state index in [0.717, 1.165) is 6.04 Å². The fraction of sp³-hybridized carbons (Fsp3) is 1.00. The molecular weight excluding hydrogens is 263 g/mol. The topological polar surface area (TPSA) is 6.48 Å². The van der Waals surface area contributed by atoms with Gasteiger partial charge in [-0.15, -0.1) is 0 Å². The smallest absolute Gasteiger partial charge is 0.0349 e. The first-order valence-corrected chi connectivity index (χ1v) is 5.78. The van der Waals surface area contributed by atoms with Gasteiger partial charge >= 0.3 is 0 Å². The van der Waals surface area contributed by atoms with Crippen molar-refractivity contribution in [3.63, 3.8) is 0 Å². The van der Waals surface area contributed by atoms with Gasteiger partial charge in [-0.2, -0.15) is 0 Å². The maximum Gasteiger partial charge on any atom is 0.0349 e. The molecule has 2 rings (SSSR count). The standard InChI is InChI=1S/C9H17IN2/c1-8(2)12-6-5-11(10)7-9(12)3-4-9/h8H,3-7H2,1-2H3. The van der Waals surface area contributed by atoms with Gasteiger partial charge in [0.1, 0.15) is 0 Å². The van der Waals surface area contributed by atoms with Crippen LogP contribution in [0.5, 0.6) is 0 Å². The molecule has 70 valence electrons. The minimum absolute atomic E-state index is 0.591. The van der Waals surface area contributed by atoms with E-state index in [2.05, 4.69) is 44.7 Å². The van der Waals surface area contributed by atoms with E-state index in [1.165, 1.54) is 32.5 Å². The van der Waals surface area contributed by atoms with Crippen LogP contribution in [0.15, 0.2) is 0 Å². The van der Waals surface area contributed by atoms with Crippen LogP contribution in [0.1, 0.15) is 26.7 Å². The Kier molecular flexibility index (Phi) is 2.38. The Morgan fingerprint density at radius 3 is 2.42 bits per heavy atom. The molecule has 2 fully saturated rings. The van der Waals surface area contributed by atoms with Crippen molar-refractivity contribution in [1.82, 2.24) is 8.01 Å². The normalized spacial score (nSPS) is 30.0. The van der Waals surface area contributed by atoms with Gasteiger partial charge in [0, 0.05) is 54.1 Å². The van der Waals surface area contributed by atoms with Crippen LogP contribution >= 0.6 is 22.9 Å². The highest BCUT2D eigenvalue weighted by molar-refractivity contribution is 14.1. The molecule has 0 radical (unpaired) electrons. The van der Waals surface area contributed by atoms with Gasteiger partial charge in [0.2, 0.25) is 0 Å². The maximum atomic E-state index is 2.70. The van der Waals surface area contributed by atoms with Crippen molar-refractivity contribution >= 4 is 22.9 Å². The molecule has 2 aliphatic rings. The molecule has 0 aromatic rings. The first kappa shape index (κ1) is 9.21. The highest BCUT2D eigenvalue weighted by atomic mass is 127. The van der Waals surface area contributed by atoms with Crippen LogP contribution in [0.25, 0.3) is 0 Å². The molecule has 12 heavy (non-hydrogen) atoms. The van der Waals surface area contributed by atoms with E-state index in [1.54, 1.807) is 0 Å². The second kappa shape index (κ2) is 3.10. The lowest BCUT2D eigenvalue weighted by Crippen LogP contribution is -2.54. The van der Waals surface area contributed by atoms with Gasteiger partial charge in [0.15, 0.2) is 0 Å². The Labute approximate surface area is 88.8 Å². The minimum atomic E-state index is 0.591. The predicted molar refractivity (Wildman–Crippen MR) is 59.4 cm³/mol. The molecule has 1 heterocycles. The number of halogens is 1. The van der Waals surface area contributed by atoms with Crippen molar-refractivity contribution in [3.05, 3.63) is 0 Å². The lowest BCUT2D eigenvalue weighted by molar-refractivity contribution is 0.0814. The van der Waals surface area contributed by atoms with Crippen molar-refractivity contribution in [1.29, 1.82) is 0 Å². The molecule has 2 nitrogen and oxygen atoms in total. The summed E-state index contributed by atoms with van der Waals surface area (Å²) in [7, 11) is 0. The van der Waals surface area contributed by atoms with E-state index in [9.17, 15) is 0 Å². The Morgan fingerprint density at radius 1 is 1.25 bits per heavy atom. The number of nitrogens with zero attached hydrogens (tertiary/aromatic N) is 2. The lowest BCUT2D eigenvalue weighted by atomic mass is 10.1. The van der Waals surface area contributed by atoms with Crippen molar-refractivity contribution in [2.75, 3.05) is 19.6 Å². The van der Waals surface area contributed by atoms with Gasteiger partial charge in [-0.1, -0.05) is 0 Å². The van der Waals surface area contributed by atoms with E-state index < -0.39 is 0 Å². The van der Waals surface area contributed by atoms with E-state index in [1.807, 2.05) is 0 Å². The number of hydrogen-bond donors (Lipinski definition) is 0. The van der Waals surface area contributed by atoms with E-state index in [0.29, 0.717) is 5.54 Å². The summed E-state index contributed by atoms with van der Waals surface area (Å²) >= 11 is 2.46. The summed E-state index contributed by atoms with van der Waals surface area (Å²) in [5.41, 5.74) is 0.591. The van der Waals surface area contributed by atoms with Crippen LogP contribution in [0.4, 0.5) is 0 Å². The maximum absolute atomic E-state index is 2.70. The highest BCUT2D eigenvalue weighted by Gasteiger charge is 2.51. The molecular formula is C9H17IN2. The molecule has 1 spiro atoms. The lowest BCUT2D eigenvalue weighted by Gasteiger charge is -2.42. The molecule has 3 heteroatoms. The quantitative estimate of drug-likeness (QED) is 0.534.